The maximum absolute atomic E-state index is 13.2. The highest BCUT2D eigenvalue weighted by molar-refractivity contribution is 6.31. The lowest BCUT2D eigenvalue weighted by Gasteiger charge is -2.07. The number of hydrogen-bond donors (Lipinski definition) is 1. The van der Waals surface area contributed by atoms with E-state index in [4.69, 9.17) is 28.9 Å². The number of benzene rings is 2. The quantitative estimate of drug-likeness (QED) is 0.736. The van der Waals surface area contributed by atoms with Crippen LogP contribution < -0.4 is 5.73 Å². The van der Waals surface area contributed by atoms with E-state index in [1.807, 2.05) is 0 Å². The Bertz CT molecular complexity index is 783. The number of rotatable bonds is 1. The molecule has 0 saturated carbocycles. The summed E-state index contributed by atoms with van der Waals surface area (Å²) in [7, 11) is 0. The SMILES string of the molecule is Nc1nc2ccc(Cl)cc2n1-c1ccc(F)c(Cl)c1. The molecule has 1 heterocycles. The number of halogens is 3. The normalized spacial score (nSPS) is 11.1. The van der Waals surface area contributed by atoms with Crippen molar-refractivity contribution in [3.05, 3.63) is 52.3 Å². The first kappa shape index (κ1) is 12.3. The smallest absolute Gasteiger partial charge is 0.205 e. The van der Waals surface area contributed by atoms with Crippen molar-refractivity contribution in [3.8, 4) is 5.69 Å². The van der Waals surface area contributed by atoms with Crippen LogP contribution >= 0.6 is 23.2 Å². The summed E-state index contributed by atoms with van der Waals surface area (Å²) < 4.78 is 14.9. The Morgan fingerprint density at radius 2 is 1.89 bits per heavy atom. The van der Waals surface area contributed by atoms with Gasteiger partial charge in [0.15, 0.2) is 0 Å². The fourth-order valence-electron chi connectivity index (χ4n) is 1.96. The summed E-state index contributed by atoms with van der Waals surface area (Å²) >= 11 is 11.8. The van der Waals surface area contributed by atoms with Gasteiger partial charge in [0.25, 0.3) is 0 Å². The van der Waals surface area contributed by atoms with Gasteiger partial charge in [0.05, 0.1) is 21.7 Å². The summed E-state index contributed by atoms with van der Waals surface area (Å²) in [6.07, 6.45) is 0. The van der Waals surface area contributed by atoms with Gasteiger partial charge in [-0.3, -0.25) is 4.57 Å². The summed E-state index contributed by atoms with van der Waals surface area (Å²) in [4.78, 5) is 4.23. The Balaban J connectivity index is 2.31. The van der Waals surface area contributed by atoms with Crippen molar-refractivity contribution in [1.82, 2.24) is 9.55 Å². The average molecular weight is 296 g/mol. The molecule has 0 fully saturated rings. The van der Waals surface area contributed by atoms with E-state index in [0.717, 1.165) is 5.52 Å². The second kappa shape index (κ2) is 4.40. The molecular formula is C13H8Cl2FN3. The van der Waals surface area contributed by atoms with E-state index >= 15 is 0 Å². The van der Waals surface area contributed by atoms with Gasteiger partial charge in [-0.05, 0) is 36.4 Å². The van der Waals surface area contributed by atoms with Crippen LogP contribution in [0.5, 0.6) is 0 Å². The molecule has 0 unspecified atom stereocenters. The van der Waals surface area contributed by atoms with Crippen molar-refractivity contribution in [2.45, 2.75) is 0 Å². The standard InChI is InChI=1S/C13H8Cl2FN3/c14-7-1-4-11-12(5-7)19(13(17)18-11)8-2-3-10(16)9(15)6-8/h1-6H,(H2,17,18). The Labute approximate surface area is 118 Å². The molecule has 0 aliphatic rings. The van der Waals surface area contributed by atoms with Crippen molar-refractivity contribution >= 4 is 40.2 Å². The zero-order valence-corrected chi connectivity index (χ0v) is 11.1. The van der Waals surface area contributed by atoms with E-state index in [9.17, 15) is 4.39 Å². The maximum atomic E-state index is 13.2. The van der Waals surface area contributed by atoms with Gasteiger partial charge in [-0.2, -0.15) is 0 Å². The summed E-state index contributed by atoms with van der Waals surface area (Å²) in [6.45, 7) is 0. The number of nitrogens with two attached hydrogens (primary N) is 1. The number of imidazole rings is 1. The highest BCUT2D eigenvalue weighted by Gasteiger charge is 2.11. The molecule has 0 aliphatic carbocycles. The number of nitrogen functional groups attached to an aromatic ring is 1. The van der Waals surface area contributed by atoms with Crippen LogP contribution in [-0.4, -0.2) is 9.55 Å². The Kier molecular flexibility index (Phi) is 2.84. The summed E-state index contributed by atoms with van der Waals surface area (Å²) in [6, 6.07) is 9.62. The van der Waals surface area contributed by atoms with Gasteiger partial charge >= 0.3 is 0 Å². The molecule has 0 amide bonds. The first-order chi connectivity index (χ1) is 9.06. The largest absolute Gasteiger partial charge is 0.369 e. The van der Waals surface area contributed by atoms with Crippen LogP contribution in [0.2, 0.25) is 10.0 Å². The molecule has 0 aliphatic heterocycles. The van der Waals surface area contributed by atoms with Gasteiger partial charge in [-0.25, -0.2) is 9.37 Å². The fourth-order valence-corrected chi connectivity index (χ4v) is 2.30. The highest BCUT2D eigenvalue weighted by atomic mass is 35.5. The molecular weight excluding hydrogens is 288 g/mol. The van der Waals surface area contributed by atoms with Crippen LogP contribution in [0.3, 0.4) is 0 Å². The molecule has 0 atom stereocenters. The zero-order chi connectivity index (χ0) is 13.6. The molecule has 0 bridgehead atoms. The maximum Gasteiger partial charge on any atom is 0.205 e. The van der Waals surface area contributed by atoms with Gasteiger partial charge in [-0.1, -0.05) is 23.2 Å². The Morgan fingerprint density at radius 1 is 1.11 bits per heavy atom. The van der Waals surface area contributed by atoms with Gasteiger partial charge in [0, 0.05) is 5.02 Å². The Morgan fingerprint density at radius 3 is 2.63 bits per heavy atom. The van der Waals surface area contributed by atoms with Gasteiger partial charge in [-0.15, -0.1) is 0 Å². The van der Waals surface area contributed by atoms with E-state index in [0.29, 0.717) is 22.2 Å². The molecule has 19 heavy (non-hydrogen) atoms. The second-order valence-corrected chi connectivity index (χ2v) is 4.88. The van der Waals surface area contributed by atoms with Crippen LogP contribution in [0.25, 0.3) is 16.7 Å². The zero-order valence-electron chi connectivity index (χ0n) is 9.57. The third-order valence-corrected chi connectivity index (χ3v) is 3.33. The van der Waals surface area contributed by atoms with Crippen molar-refractivity contribution in [2.24, 2.45) is 0 Å². The molecule has 3 nitrogen and oxygen atoms in total. The van der Waals surface area contributed by atoms with E-state index in [1.165, 1.54) is 12.1 Å². The van der Waals surface area contributed by atoms with E-state index in [-0.39, 0.29) is 5.02 Å². The number of hydrogen-bond acceptors (Lipinski definition) is 2. The summed E-state index contributed by atoms with van der Waals surface area (Å²) in [5.74, 6) is -0.189. The third-order valence-electron chi connectivity index (χ3n) is 2.80. The van der Waals surface area contributed by atoms with Crippen molar-refractivity contribution in [3.63, 3.8) is 0 Å². The minimum absolute atomic E-state index is 0.0285. The lowest BCUT2D eigenvalue weighted by atomic mass is 10.2. The molecule has 3 rings (SSSR count). The molecule has 3 aromatic rings. The molecule has 1 aromatic heterocycles. The summed E-state index contributed by atoms with van der Waals surface area (Å²) in [5, 5.41) is 0.600. The van der Waals surface area contributed by atoms with Crippen molar-refractivity contribution in [1.29, 1.82) is 0 Å². The van der Waals surface area contributed by atoms with Crippen LogP contribution in [0.1, 0.15) is 0 Å². The van der Waals surface area contributed by atoms with Crippen LogP contribution in [0.4, 0.5) is 10.3 Å². The molecule has 0 radical (unpaired) electrons. The highest BCUT2D eigenvalue weighted by Crippen LogP contribution is 2.27. The predicted molar refractivity (Wildman–Crippen MR) is 75.5 cm³/mol. The Hall–Kier alpha value is -1.78. The minimum Gasteiger partial charge on any atom is -0.369 e. The second-order valence-electron chi connectivity index (χ2n) is 4.04. The predicted octanol–water partition coefficient (Wildman–Crippen LogP) is 4.05. The molecule has 0 spiro atoms. The summed E-state index contributed by atoms with van der Waals surface area (Å²) in [5.41, 5.74) is 7.98. The lowest BCUT2D eigenvalue weighted by molar-refractivity contribution is 0.628. The lowest BCUT2D eigenvalue weighted by Crippen LogP contribution is -2.00. The van der Waals surface area contributed by atoms with E-state index in [2.05, 4.69) is 4.98 Å². The van der Waals surface area contributed by atoms with E-state index < -0.39 is 5.82 Å². The molecule has 96 valence electrons. The van der Waals surface area contributed by atoms with Crippen LogP contribution in [0.15, 0.2) is 36.4 Å². The van der Waals surface area contributed by atoms with E-state index in [1.54, 1.807) is 28.8 Å². The first-order valence-electron chi connectivity index (χ1n) is 5.45. The number of anilines is 1. The van der Waals surface area contributed by atoms with Gasteiger partial charge < -0.3 is 5.73 Å². The fraction of sp³-hybridized carbons (Fsp3) is 0. The molecule has 2 N–H and O–H groups in total. The molecule has 2 aromatic carbocycles. The third kappa shape index (κ3) is 2.03. The average Bonchev–Trinajstić information content (AvgIpc) is 2.68. The topological polar surface area (TPSA) is 43.8 Å². The van der Waals surface area contributed by atoms with Crippen LogP contribution in [0, 0.1) is 5.82 Å². The van der Waals surface area contributed by atoms with Gasteiger partial charge in [0.1, 0.15) is 5.82 Å². The number of aromatic nitrogens is 2. The monoisotopic (exact) mass is 295 g/mol. The molecule has 6 heteroatoms. The van der Waals surface area contributed by atoms with Gasteiger partial charge in [0.2, 0.25) is 5.95 Å². The number of fused-ring (bicyclic) bond motifs is 1. The molecule has 0 saturated heterocycles. The first-order valence-corrected chi connectivity index (χ1v) is 6.21. The number of nitrogens with zero attached hydrogens (tertiary/aromatic N) is 2. The van der Waals surface area contributed by atoms with Crippen LogP contribution in [-0.2, 0) is 0 Å². The van der Waals surface area contributed by atoms with Crippen molar-refractivity contribution < 1.29 is 4.39 Å². The van der Waals surface area contributed by atoms with Crippen molar-refractivity contribution in [2.75, 3.05) is 5.73 Å². The minimum atomic E-state index is -0.480.